The first kappa shape index (κ1) is 15.7. The summed E-state index contributed by atoms with van der Waals surface area (Å²) in [5, 5.41) is 4.57. The fourth-order valence-corrected chi connectivity index (χ4v) is 3.99. The molecule has 2 aromatic heterocycles. The molecular weight excluding hydrogens is 302 g/mol. The summed E-state index contributed by atoms with van der Waals surface area (Å²) >= 11 is 0. The molecule has 0 amide bonds. The lowest BCUT2D eigenvalue weighted by Gasteiger charge is -2.38. The number of nitrogens with zero attached hydrogens (tertiary/aromatic N) is 5. The first-order chi connectivity index (χ1) is 11.6. The molecule has 6 heteroatoms. The Hall–Kier alpha value is -1.79. The topological polar surface area (TPSA) is 56.1 Å². The molecule has 6 nitrogen and oxygen atoms in total. The highest BCUT2D eigenvalue weighted by atomic mass is 16.5. The van der Waals surface area contributed by atoms with Crippen LogP contribution in [0.4, 0.5) is 0 Å². The number of hydrogen-bond donors (Lipinski definition) is 0. The van der Waals surface area contributed by atoms with Gasteiger partial charge in [-0.3, -0.25) is 9.58 Å². The van der Waals surface area contributed by atoms with Crippen molar-refractivity contribution in [2.75, 3.05) is 19.7 Å². The Bertz CT molecular complexity index is 671. The largest absolute Gasteiger partial charge is 0.374 e. The fourth-order valence-electron chi connectivity index (χ4n) is 3.99. The highest BCUT2D eigenvalue weighted by Gasteiger charge is 2.43. The standard InChI is InChI=1S/C18H25N5O/c1-14-7-17(21-22(14)2)11-23-5-3-18(4-6-23)8-15(12-24-18)16-9-19-13-20-10-16/h7,9-10,13,15H,3-6,8,11-12H2,1-2H3. The van der Waals surface area contributed by atoms with Gasteiger partial charge in [-0.25, -0.2) is 9.97 Å². The summed E-state index contributed by atoms with van der Waals surface area (Å²) in [6.45, 7) is 5.99. The van der Waals surface area contributed by atoms with Crippen molar-refractivity contribution >= 4 is 0 Å². The molecule has 4 rings (SSSR count). The van der Waals surface area contributed by atoms with E-state index >= 15 is 0 Å². The lowest BCUT2D eigenvalue weighted by Crippen LogP contribution is -2.43. The summed E-state index contributed by atoms with van der Waals surface area (Å²) in [4.78, 5) is 10.8. The first-order valence-corrected chi connectivity index (χ1v) is 8.74. The van der Waals surface area contributed by atoms with Crippen LogP contribution in [0.1, 0.15) is 42.1 Å². The van der Waals surface area contributed by atoms with Crippen molar-refractivity contribution in [3.8, 4) is 0 Å². The minimum atomic E-state index is 0.0526. The molecule has 24 heavy (non-hydrogen) atoms. The van der Waals surface area contributed by atoms with Gasteiger partial charge in [-0.2, -0.15) is 5.10 Å². The van der Waals surface area contributed by atoms with Crippen molar-refractivity contribution in [3.05, 3.63) is 41.7 Å². The zero-order valence-corrected chi connectivity index (χ0v) is 14.5. The Labute approximate surface area is 142 Å². The molecular formula is C18H25N5O. The molecule has 0 radical (unpaired) electrons. The predicted octanol–water partition coefficient (Wildman–Crippen LogP) is 2.06. The third-order valence-corrected chi connectivity index (χ3v) is 5.58. The van der Waals surface area contributed by atoms with Crippen LogP contribution in [0.2, 0.25) is 0 Å². The van der Waals surface area contributed by atoms with Crippen molar-refractivity contribution in [1.82, 2.24) is 24.6 Å². The smallest absolute Gasteiger partial charge is 0.115 e. The van der Waals surface area contributed by atoms with Gasteiger partial charge < -0.3 is 4.74 Å². The summed E-state index contributed by atoms with van der Waals surface area (Å²) < 4.78 is 8.22. The Balaban J connectivity index is 1.34. The van der Waals surface area contributed by atoms with Gasteiger partial charge in [-0.15, -0.1) is 0 Å². The summed E-state index contributed by atoms with van der Waals surface area (Å²) in [5.41, 5.74) is 3.64. The van der Waals surface area contributed by atoms with E-state index in [0.717, 1.165) is 51.2 Å². The van der Waals surface area contributed by atoms with Crippen molar-refractivity contribution in [2.45, 2.75) is 44.2 Å². The van der Waals surface area contributed by atoms with Crippen molar-refractivity contribution in [1.29, 1.82) is 0 Å². The monoisotopic (exact) mass is 327 g/mol. The number of ether oxygens (including phenoxy) is 1. The van der Waals surface area contributed by atoms with Crippen LogP contribution < -0.4 is 0 Å². The Morgan fingerprint density at radius 2 is 2.00 bits per heavy atom. The van der Waals surface area contributed by atoms with Crippen LogP contribution >= 0.6 is 0 Å². The molecule has 0 aliphatic carbocycles. The SMILES string of the molecule is Cc1cc(CN2CCC3(CC2)CC(c2cncnc2)CO3)nn1C. The number of hydrogen-bond acceptors (Lipinski definition) is 5. The summed E-state index contributed by atoms with van der Waals surface area (Å²) in [6.07, 6.45) is 8.74. The highest BCUT2D eigenvalue weighted by Crippen LogP contribution is 2.42. The lowest BCUT2D eigenvalue weighted by atomic mass is 9.84. The molecule has 2 aliphatic rings. The van der Waals surface area contributed by atoms with E-state index in [1.165, 1.54) is 11.3 Å². The van der Waals surface area contributed by atoms with E-state index in [4.69, 9.17) is 4.74 Å². The lowest BCUT2D eigenvalue weighted by molar-refractivity contribution is -0.0450. The van der Waals surface area contributed by atoms with Crippen molar-refractivity contribution < 1.29 is 4.74 Å². The van der Waals surface area contributed by atoms with E-state index in [1.54, 1.807) is 6.33 Å². The predicted molar refractivity (Wildman–Crippen MR) is 90.5 cm³/mol. The third kappa shape index (κ3) is 3.08. The average Bonchev–Trinajstić information content (AvgIpc) is 3.15. The minimum Gasteiger partial charge on any atom is -0.374 e. The van der Waals surface area contributed by atoms with Gasteiger partial charge in [0.2, 0.25) is 0 Å². The fraction of sp³-hybridized carbons (Fsp3) is 0.611. The molecule has 2 saturated heterocycles. The van der Waals surface area contributed by atoms with Gasteiger partial charge in [0.25, 0.3) is 0 Å². The maximum absolute atomic E-state index is 6.27. The second-order valence-corrected chi connectivity index (χ2v) is 7.24. The van der Waals surface area contributed by atoms with Crippen LogP contribution in [0.15, 0.2) is 24.8 Å². The third-order valence-electron chi connectivity index (χ3n) is 5.58. The molecule has 2 fully saturated rings. The van der Waals surface area contributed by atoms with Crippen LogP contribution in [0, 0.1) is 6.92 Å². The Kier molecular flexibility index (Phi) is 4.10. The Morgan fingerprint density at radius 1 is 1.25 bits per heavy atom. The van der Waals surface area contributed by atoms with Gasteiger partial charge in [-0.1, -0.05) is 0 Å². The van der Waals surface area contributed by atoms with Crippen LogP contribution in [0.3, 0.4) is 0 Å². The van der Waals surface area contributed by atoms with Gasteiger partial charge in [0.1, 0.15) is 6.33 Å². The van der Waals surface area contributed by atoms with E-state index in [2.05, 4.69) is 33.0 Å². The zero-order valence-electron chi connectivity index (χ0n) is 14.5. The van der Waals surface area contributed by atoms with Crippen LogP contribution in [-0.4, -0.2) is 49.9 Å². The molecule has 1 atom stereocenters. The van der Waals surface area contributed by atoms with E-state index in [0.29, 0.717) is 5.92 Å². The van der Waals surface area contributed by atoms with Crippen LogP contribution in [0.25, 0.3) is 0 Å². The number of likely N-dealkylation sites (tertiary alicyclic amines) is 1. The molecule has 0 N–H and O–H groups in total. The molecule has 128 valence electrons. The van der Waals surface area contributed by atoms with Gasteiger partial charge >= 0.3 is 0 Å². The number of aryl methyl sites for hydroxylation is 2. The van der Waals surface area contributed by atoms with Gasteiger partial charge in [0.05, 0.1) is 17.9 Å². The van der Waals surface area contributed by atoms with Gasteiger partial charge in [0.15, 0.2) is 0 Å². The van der Waals surface area contributed by atoms with Crippen molar-refractivity contribution in [3.63, 3.8) is 0 Å². The van der Waals surface area contributed by atoms with E-state index in [-0.39, 0.29) is 5.60 Å². The second-order valence-electron chi connectivity index (χ2n) is 7.24. The quantitative estimate of drug-likeness (QED) is 0.864. The van der Waals surface area contributed by atoms with Crippen molar-refractivity contribution in [2.24, 2.45) is 7.05 Å². The molecule has 1 spiro atoms. The van der Waals surface area contributed by atoms with E-state index in [1.807, 2.05) is 24.1 Å². The molecule has 0 aromatic carbocycles. The molecule has 0 bridgehead atoms. The van der Waals surface area contributed by atoms with Crippen LogP contribution in [0.5, 0.6) is 0 Å². The normalized spacial score (nSPS) is 23.8. The van der Waals surface area contributed by atoms with E-state index in [9.17, 15) is 0 Å². The van der Waals surface area contributed by atoms with Gasteiger partial charge in [-0.05, 0) is 37.8 Å². The highest BCUT2D eigenvalue weighted by molar-refractivity contribution is 5.15. The summed E-state index contributed by atoms with van der Waals surface area (Å²) in [5.74, 6) is 0.441. The second kappa shape index (κ2) is 6.26. The molecule has 0 saturated carbocycles. The van der Waals surface area contributed by atoms with E-state index < -0.39 is 0 Å². The molecule has 4 heterocycles. The minimum absolute atomic E-state index is 0.0526. The number of rotatable bonds is 3. The Morgan fingerprint density at radius 3 is 2.67 bits per heavy atom. The van der Waals surface area contributed by atoms with Crippen LogP contribution in [-0.2, 0) is 18.3 Å². The average molecular weight is 327 g/mol. The maximum Gasteiger partial charge on any atom is 0.115 e. The first-order valence-electron chi connectivity index (χ1n) is 8.74. The maximum atomic E-state index is 6.27. The zero-order chi connectivity index (χ0) is 16.6. The number of aromatic nitrogens is 4. The number of piperidine rings is 1. The molecule has 1 unspecified atom stereocenters. The molecule has 2 aromatic rings. The van der Waals surface area contributed by atoms with Gasteiger partial charge in [0, 0.05) is 50.7 Å². The summed E-state index contributed by atoms with van der Waals surface area (Å²) in [7, 11) is 2.00. The summed E-state index contributed by atoms with van der Waals surface area (Å²) in [6, 6.07) is 2.18. The molecule has 2 aliphatic heterocycles.